The predicted molar refractivity (Wildman–Crippen MR) is 127 cm³/mol. The number of benzene rings is 3. The molecule has 1 N–H and O–H groups in total. The summed E-state index contributed by atoms with van der Waals surface area (Å²) in [6.07, 6.45) is 1.25. The molecule has 0 saturated heterocycles. The summed E-state index contributed by atoms with van der Waals surface area (Å²) in [7, 11) is -3.96. The fourth-order valence-corrected chi connectivity index (χ4v) is 4.52. The number of nitro benzene ring substituents is 1. The van der Waals surface area contributed by atoms with E-state index in [2.05, 4.69) is 26.5 Å². The van der Waals surface area contributed by atoms with E-state index in [1.165, 1.54) is 36.5 Å². The monoisotopic (exact) mass is 530 g/mol. The maximum atomic E-state index is 13.2. The van der Waals surface area contributed by atoms with Gasteiger partial charge in [0.15, 0.2) is 0 Å². The first-order valence-electron chi connectivity index (χ1n) is 9.62. The summed E-state index contributed by atoms with van der Waals surface area (Å²) < 4.78 is 28.2. The number of nitrogens with zero attached hydrogens (tertiary/aromatic N) is 3. The van der Waals surface area contributed by atoms with Gasteiger partial charge in [-0.15, -0.1) is 0 Å². The third-order valence-electron chi connectivity index (χ3n) is 4.46. The molecule has 0 aromatic heterocycles. The molecule has 0 spiro atoms. The van der Waals surface area contributed by atoms with Crippen LogP contribution in [0.25, 0.3) is 0 Å². The predicted octanol–water partition coefficient (Wildman–Crippen LogP) is 3.70. The molecule has 33 heavy (non-hydrogen) atoms. The Morgan fingerprint density at radius 3 is 2.42 bits per heavy atom. The normalized spacial score (nSPS) is 11.6. The van der Waals surface area contributed by atoms with Crippen molar-refractivity contribution >= 4 is 43.8 Å². The number of hydrazone groups is 1. The van der Waals surface area contributed by atoms with Gasteiger partial charge in [0.1, 0.15) is 0 Å². The Morgan fingerprint density at radius 1 is 1.06 bits per heavy atom. The van der Waals surface area contributed by atoms with Gasteiger partial charge in [-0.1, -0.05) is 58.4 Å². The number of hydrogen-bond acceptors (Lipinski definition) is 6. The smallest absolute Gasteiger partial charge is 0.270 e. The van der Waals surface area contributed by atoms with Crippen molar-refractivity contribution < 1.29 is 18.1 Å². The molecule has 170 valence electrons. The van der Waals surface area contributed by atoms with Gasteiger partial charge in [0.05, 0.1) is 22.6 Å². The van der Waals surface area contributed by atoms with Gasteiger partial charge in [0, 0.05) is 28.7 Å². The first-order chi connectivity index (χ1) is 15.8. The number of carbonyl (C=O) groups is 1. The van der Waals surface area contributed by atoms with E-state index < -0.39 is 27.4 Å². The largest absolute Gasteiger partial charge is 0.272 e. The molecule has 0 aliphatic carbocycles. The Bertz CT molecular complexity index is 1270. The summed E-state index contributed by atoms with van der Waals surface area (Å²) in [4.78, 5) is 22.9. The maximum Gasteiger partial charge on any atom is 0.270 e. The second-order valence-corrected chi connectivity index (χ2v) is 9.71. The number of nitrogens with one attached hydrogen (secondary N) is 1. The number of carbonyl (C=O) groups excluding carboxylic acids is 1. The minimum Gasteiger partial charge on any atom is -0.272 e. The minimum absolute atomic E-state index is 0.0213. The topological polar surface area (TPSA) is 122 Å². The average Bonchev–Trinajstić information content (AvgIpc) is 2.81. The van der Waals surface area contributed by atoms with Gasteiger partial charge in [-0.25, -0.2) is 13.8 Å². The van der Waals surface area contributed by atoms with Crippen LogP contribution in [0.5, 0.6) is 0 Å². The van der Waals surface area contributed by atoms with Crippen LogP contribution in [0.2, 0.25) is 0 Å². The Morgan fingerprint density at radius 2 is 1.76 bits per heavy atom. The second kappa shape index (κ2) is 10.9. The van der Waals surface area contributed by atoms with E-state index in [0.29, 0.717) is 11.1 Å². The van der Waals surface area contributed by atoms with Crippen molar-refractivity contribution in [1.29, 1.82) is 0 Å². The molecule has 0 aliphatic rings. The van der Waals surface area contributed by atoms with Gasteiger partial charge in [0.2, 0.25) is 10.0 Å². The second-order valence-electron chi connectivity index (χ2n) is 6.86. The van der Waals surface area contributed by atoms with Gasteiger partial charge < -0.3 is 0 Å². The number of amides is 1. The summed E-state index contributed by atoms with van der Waals surface area (Å²) >= 11 is 3.34. The lowest BCUT2D eigenvalue weighted by molar-refractivity contribution is -0.384. The lowest BCUT2D eigenvalue weighted by atomic mass is 10.2. The summed E-state index contributed by atoms with van der Waals surface area (Å²) in [6.45, 7) is -0.494. The Balaban J connectivity index is 1.76. The molecule has 0 aliphatic heterocycles. The highest BCUT2D eigenvalue weighted by molar-refractivity contribution is 9.10. The van der Waals surface area contributed by atoms with Crippen molar-refractivity contribution in [3.05, 3.63) is 105 Å². The molecule has 11 heteroatoms. The molecule has 1 amide bonds. The van der Waals surface area contributed by atoms with Crippen molar-refractivity contribution in [2.24, 2.45) is 5.10 Å². The summed E-state index contributed by atoms with van der Waals surface area (Å²) in [6, 6.07) is 20.6. The van der Waals surface area contributed by atoms with Crippen molar-refractivity contribution in [3.63, 3.8) is 0 Å². The molecule has 0 saturated carbocycles. The van der Waals surface area contributed by atoms with E-state index >= 15 is 0 Å². The van der Waals surface area contributed by atoms with Crippen molar-refractivity contribution in [3.8, 4) is 0 Å². The van der Waals surface area contributed by atoms with Crippen molar-refractivity contribution in [2.45, 2.75) is 11.4 Å². The molecule has 0 radical (unpaired) electrons. The van der Waals surface area contributed by atoms with Gasteiger partial charge in [-0.2, -0.15) is 9.41 Å². The molecule has 3 rings (SSSR count). The Labute approximate surface area is 199 Å². The molecule has 9 nitrogen and oxygen atoms in total. The van der Waals surface area contributed by atoms with E-state index in [0.717, 1.165) is 8.78 Å². The maximum absolute atomic E-state index is 13.2. The molecule has 0 atom stereocenters. The van der Waals surface area contributed by atoms with Crippen LogP contribution < -0.4 is 5.43 Å². The number of non-ortho nitro benzene ring substituents is 1. The standard InChI is InChI=1S/C22H19BrN4O5S/c23-19-11-9-17(10-12-19)15-26(33(31,32)21-7-2-1-3-8-21)16-22(28)25-24-14-18-5-4-6-20(13-18)27(29)30/h1-14H,15-16H2,(H,25,28)/b24-14+. The molecule has 0 heterocycles. The zero-order valence-electron chi connectivity index (χ0n) is 17.2. The van der Waals surface area contributed by atoms with Crippen LogP contribution in [0, 0.1) is 10.1 Å². The summed E-state index contributed by atoms with van der Waals surface area (Å²) in [5.41, 5.74) is 3.27. The van der Waals surface area contributed by atoms with E-state index in [1.807, 2.05) is 0 Å². The summed E-state index contributed by atoms with van der Waals surface area (Å²) in [5, 5.41) is 14.7. The van der Waals surface area contributed by atoms with Crippen LogP contribution in [0.15, 0.2) is 93.3 Å². The lowest BCUT2D eigenvalue weighted by Crippen LogP contribution is -2.39. The van der Waals surface area contributed by atoms with Crippen molar-refractivity contribution in [1.82, 2.24) is 9.73 Å². The summed E-state index contributed by atoms with van der Waals surface area (Å²) in [5.74, 6) is -0.659. The molecule has 0 bridgehead atoms. The van der Waals surface area contributed by atoms with Gasteiger partial charge >= 0.3 is 0 Å². The number of nitro groups is 1. The zero-order valence-corrected chi connectivity index (χ0v) is 19.6. The van der Waals surface area contributed by atoms with E-state index in [9.17, 15) is 23.3 Å². The number of rotatable bonds is 9. The molecule has 3 aromatic rings. The van der Waals surface area contributed by atoms with Gasteiger partial charge in [-0.05, 0) is 29.8 Å². The van der Waals surface area contributed by atoms with Gasteiger partial charge in [-0.3, -0.25) is 14.9 Å². The molecule has 0 unspecified atom stereocenters. The SMILES string of the molecule is O=C(CN(Cc1ccc(Br)cc1)S(=O)(=O)c1ccccc1)N/N=C/c1cccc([N+](=O)[O-])c1. The fourth-order valence-electron chi connectivity index (χ4n) is 2.85. The quantitative estimate of drug-likeness (QED) is 0.256. The van der Waals surface area contributed by atoms with Crippen LogP contribution in [0.4, 0.5) is 5.69 Å². The highest BCUT2D eigenvalue weighted by atomic mass is 79.9. The molecular weight excluding hydrogens is 512 g/mol. The number of hydrogen-bond donors (Lipinski definition) is 1. The third kappa shape index (κ3) is 6.78. The Kier molecular flexibility index (Phi) is 8.04. The lowest BCUT2D eigenvalue weighted by Gasteiger charge is -2.21. The van der Waals surface area contributed by atoms with Gasteiger partial charge in [0.25, 0.3) is 11.6 Å². The highest BCUT2D eigenvalue weighted by Crippen LogP contribution is 2.19. The highest BCUT2D eigenvalue weighted by Gasteiger charge is 2.26. The Hall–Kier alpha value is -3.41. The fraction of sp³-hybridized carbons (Fsp3) is 0.0909. The van der Waals surface area contributed by atoms with E-state index in [1.54, 1.807) is 48.5 Å². The van der Waals surface area contributed by atoms with Crippen LogP contribution in [0.3, 0.4) is 0 Å². The van der Waals surface area contributed by atoms with E-state index in [4.69, 9.17) is 0 Å². The van der Waals surface area contributed by atoms with Crippen LogP contribution >= 0.6 is 15.9 Å². The first kappa shape index (κ1) is 24.2. The van der Waals surface area contributed by atoms with E-state index in [-0.39, 0.29) is 17.1 Å². The van der Waals surface area contributed by atoms with Crippen LogP contribution in [-0.4, -0.2) is 36.3 Å². The number of sulfonamides is 1. The van der Waals surface area contributed by atoms with Crippen LogP contribution in [0.1, 0.15) is 11.1 Å². The first-order valence-corrected chi connectivity index (χ1v) is 11.8. The third-order valence-corrected chi connectivity index (χ3v) is 6.79. The minimum atomic E-state index is -3.96. The average molecular weight is 531 g/mol. The molecule has 3 aromatic carbocycles. The molecule has 0 fully saturated rings. The van der Waals surface area contributed by atoms with Crippen LogP contribution in [-0.2, 0) is 21.4 Å². The zero-order chi connectivity index (χ0) is 23.8. The van der Waals surface area contributed by atoms with Crippen molar-refractivity contribution in [2.75, 3.05) is 6.54 Å². The molecular formula is C22H19BrN4O5S. The number of halogens is 1.